The Balaban J connectivity index is 1.76. The highest BCUT2D eigenvalue weighted by Crippen LogP contribution is 2.24. The molecule has 1 aromatic heterocycles. The van der Waals surface area contributed by atoms with E-state index in [4.69, 9.17) is 4.74 Å². The number of hydrogen-bond donors (Lipinski definition) is 2. The number of ether oxygens (including phenoxy) is 1. The smallest absolute Gasteiger partial charge is 0.255 e. The summed E-state index contributed by atoms with van der Waals surface area (Å²) in [5, 5.41) is 2.73. The van der Waals surface area contributed by atoms with E-state index < -0.39 is 15.9 Å². The molecule has 28 heavy (non-hydrogen) atoms. The number of methoxy groups -OCH3 is 1. The van der Waals surface area contributed by atoms with Crippen LogP contribution in [0.3, 0.4) is 0 Å². The first-order valence-corrected chi connectivity index (χ1v) is 9.91. The molecule has 0 saturated heterocycles. The number of pyridine rings is 1. The fourth-order valence-corrected chi connectivity index (χ4v) is 3.57. The summed E-state index contributed by atoms with van der Waals surface area (Å²) in [6, 6.07) is 16.3. The molecule has 1 heterocycles. The quantitative estimate of drug-likeness (QED) is 0.639. The largest absolute Gasteiger partial charge is 0.495 e. The number of nitrogens with zero attached hydrogens (tertiary/aromatic N) is 1. The molecule has 0 saturated carbocycles. The van der Waals surface area contributed by atoms with Crippen LogP contribution in [0, 0.1) is 0 Å². The highest BCUT2D eigenvalue weighted by atomic mass is 32.2. The van der Waals surface area contributed by atoms with Gasteiger partial charge in [-0.2, -0.15) is 0 Å². The number of para-hydroxylation sites is 2. The number of amides is 1. The minimum atomic E-state index is -3.78. The van der Waals surface area contributed by atoms with E-state index in [9.17, 15) is 13.2 Å². The van der Waals surface area contributed by atoms with Gasteiger partial charge in [0.2, 0.25) is 10.0 Å². The maximum atomic E-state index is 12.6. The molecular formula is C20H19N3O4S. The Morgan fingerprint density at radius 3 is 2.64 bits per heavy atom. The van der Waals surface area contributed by atoms with E-state index in [0.717, 1.165) is 5.56 Å². The lowest BCUT2D eigenvalue weighted by Gasteiger charge is -2.11. The maximum Gasteiger partial charge on any atom is 0.255 e. The lowest BCUT2D eigenvalue weighted by Crippen LogP contribution is -2.23. The van der Waals surface area contributed by atoms with E-state index in [1.165, 1.54) is 25.3 Å². The van der Waals surface area contributed by atoms with Crippen molar-refractivity contribution in [3.8, 4) is 5.75 Å². The van der Waals surface area contributed by atoms with Crippen molar-refractivity contribution in [3.63, 3.8) is 0 Å². The normalized spacial score (nSPS) is 11.0. The molecule has 8 heteroatoms. The Kier molecular flexibility index (Phi) is 6.03. The van der Waals surface area contributed by atoms with Gasteiger partial charge >= 0.3 is 0 Å². The highest BCUT2D eigenvalue weighted by molar-refractivity contribution is 7.89. The average molecular weight is 397 g/mol. The Hall–Kier alpha value is -3.23. The number of carbonyl (C=O) groups excluding carboxylic acids is 1. The van der Waals surface area contributed by atoms with Gasteiger partial charge in [0, 0.05) is 24.5 Å². The van der Waals surface area contributed by atoms with Crippen LogP contribution in [0.1, 0.15) is 15.9 Å². The van der Waals surface area contributed by atoms with Gasteiger partial charge in [-0.05, 0) is 42.0 Å². The van der Waals surface area contributed by atoms with Crippen LogP contribution >= 0.6 is 0 Å². The summed E-state index contributed by atoms with van der Waals surface area (Å²) in [6.45, 7) is 0.105. The van der Waals surface area contributed by atoms with Crippen LogP contribution in [0.5, 0.6) is 5.75 Å². The number of rotatable bonds is 7. The van der Waals surface area contributed by atoms with Crippen molar-refractivity contribution in [2.24, 2.45) is 0 Å². The van der Waals surface area contributed by atoms with Gasteiger partial charge in [0.1, 0.15) is 5.75 Å². The summed E-state index contributed by atoms with van der Waals surface area (Å²) in [5.41, 5.74) is 1.45. The van der Waals surface area contributed by atoms with E-state index >= 15 is 0 Å². The minimum absolute atomic E-state index is 0.00377. The van der Waals surface area contributed by atoms with Crippen molar-refractivity contribution in [1.29, 1.82) is 0 Å². The molecule has 7 nitrogen and oxygen atoms in total. The summed E-state index contributed by atoms with van der Waals surface area (Å²) in [4.78, 5) is 16.5. The summed E-state index contributed by atoms with van der Waals surface area (Å²) in [6.07, 6.45) is 3.20. The van der Waals surface area contributed by atoms with Gasteiger partial charge < -0.3 is 10.1 Å². The zero-order chi connectivity index (χ0) is 20.0. The third-order valence-corrected chi connectivity index (χ3v) is 5.35. The zero-order valence-corrected chi connectivity index (χ0v) is 15.9. The predicted molar refractivity (Wildman–Crippen MR) is 106 cm³/mol. The van der Waals surface area contributed by atoms with Gasteiger partial charge in [-0.25, -0.2) is 13.1 Å². The van der Waals surface area contributed by atoms with E-state index in [1.54, 1.807) is 54.9 Å². The lowest BCUT2D eigenvalue weighted by molar-refractivity contribution is 0.102. The molecule has 0 radical (unpaired) electrons. The summed E-state index contributed by atoms with van der Waals surface area (Å²) in [7, 11) is -2.28. The number of sulfonamides is 1. The molecule has 0 atom stereocenters. The monoisotopic (exact) mass is 397 g/mol. The third kappa shape index (κ3) is 4.73. The first kappa shape index (κ1) is 19.5. The summed E-state index contributed by atoms with van der Waals surface area (Å²) < 4.78 is 32.8. The van der Waals surface area contributed by atoms with E-state index in [1.807, 2.05) is 0 Å². The number of anilines is 1. The number of aromatic nitrogens is 1. The molecule has 1 amide bonds. The van der Waals surface area contributed by atoms with Crippen molar-refractivity contribution in [2.45, 2.75) is 11.4 Å². The minimum Gasteiger partial charge on any atom is -0.495 e. The topological polar surface area (TPSA) is 97.4 Å². The molecule has 0 bridgehead atoms. The Morgan fingerprint density at radius 2 is 1.89 bits per heavy atom. The summed E-state index contributed by atoms with van der Waals surface area (Å²) >= 11 is 0. The van der Waals surface area contributed by atoms with Gasteiger partial charge in [0.05, 0.1) is 17.7 Å². The van der Waals surface area contributed by atoms with Gasteiger partial charge in [-0.3, -0.25) is 9.78 Å². The van der Waals surface area contributed by atoms with Crippen LogP contribution < -0.4 is 14.8 Å². The molecule has 0 fully saturated rings. The Bertz CT molecular complexity index is 1070. The first-order valence-electron chi connectivity index (χ1n) is 8.42. The zero-order valence-electron chi connectivity index (χ0n) is 15.1. The van der Waals surface area contributed by atoms with Crippen molar-refractivity contribution in [3.05, 3.63) is 84.2 Å². The third-order valence-electron chi connectivity index (χ3n) is 3.95. The molecule has 3 aromatic rings. The SMILES string of the molecule is COc1ccccc1NC(=O)c1cccc(S(=O)(=O)NCc2cccnc2)c1. The highest BCUT2D eigenvalue weighted by Gasteiger charge is 2.17. The second-order valence-electron chi connectivity index (χ2n) is 5.87. The van der Waals surface area contributed by atoms with Gasteiger partial charge in [0.15, 0.2) is 0 Å². The van der Waals surface area contributed by atoms with Crippen LogP contribution in [0.15, 0.2) is 78.0 Å². The van der Waals surface area contributed by atoms with E-state index in [0.29, 0.717) is 11.4 Å². The lowest BCUT2D eigenvalue weighted by atomic mass is 10.2. The Morgan fingerprint density at radius 1 is 1.07 bits per heavy atom. The molecule has 2 aromatic carbocycles. The molecule has 144 valence electrons. The number of carbonyl (C=O) groups is 1. The fourth-order valence-electron chi connectivity index (χ4n) is 2.51. The molecular weight excluding hydrogens is 378 g/mol. The van der Waals surface area contributed by atoms with Gasteiger partial charge in [-0.1, -0.05) is 24.3 Å². The number of hydrogen-bond acceptors (Lipinski definition) is 5. The molecule has 0 aliphatic carbocycles. The van der Waals surface area contributed by atoms with Crippen LogP contribution in [0.2, 0.25) is 0 Å². The summed E-state index contributed by atoms with van der Waals surface area (Å²) in [5.74, 6) is 0.0755. The van der Waals surface area contributed by atoms with Crippen molar-refractivity contribution in [2.75, 3.05) is 12.4 Å². The van der Waals surface area contributed by atoms with Crippen molar-refractivity contribution >= 4 is 21.6 Å². The van der Waals surface area contributed by atoms with Crippen LogP contribution in [-0.2, 0) is 16.6 Å². The van der Waals surface area contributed by atoms with Gasteiger partial charge in [0.25, 0.3) is 5.91 Å². The van der Waals surface area contributed by atoms with Crippen LogP contribution in [-0.4, -0.2) is 26.4 Å². The maximum absolute atomic E-state index is 12.6. The number of nitrogens with one attached hydrogen (secondary N) is 2. The van der Waals surface area contributed by atoms with Crippen molar-refractivity contribution in [1.82, 2.24) is 9.71 Å². The van der Waals surface area contributed by atoms with Crippen molar-refractivity contribution < 1.29 is 17.9 Å². The Labute approximate surface area is 163 Å². The van der Waals surface area contributed by atoms with E-state index in [-0.39, 0.29) is 17.0 Å². The molecule has 2 N–H and O–H groups in total. The number of benzene rings is 2. The average Bonchev–Trinajstić information content (AvgIpc) is 2.73. The standard InChI is InChI=1S/C20H19N3O4S/c1-27-19-10-3-2-9-18(19)23-20(24)16-7-4-8-17(12-16)28(25,26)22-14-15-6-5-11-21-13-15/h2-13,22H,14H2,1H3,(H,23,24). The van der Waals surface area contributed by atoms with Crippen LogP contribution in [0.4, 0.5) is 5.69 Å². The molecule has 0 aliphatic heterocycles. The predicted octanol–water partition coefficient (Wildman–Crippen LogP) is 2.82. The molecule has 0 aliphatic rings. The fraction of sp³-hybridized carbons (Fsp3) is 0.100. The second kappa shape index (κ2) is 8.64. The molecule has 0 unspecified atom stereocenters. The van der Waals surface area contributed by atoms with Crippen LogP contribution in [0.25, 0.3) is 0 Å². The second-order valence-corrected chi connectivity index (χ2v) is 7.64. The van der Waals surface area contributed by atoms with Gasteiger partial charge in [-0.15, -0.1) is 0 Å². The first-order chi connectivity index (χ1) is 13.5. The molecule has 3 rings (SSSR count). The molecule has 0 spiro atoms. The van der Waals surface area contributed by atoms with E-state index in [2.05, 4.69) is 15.0 Å².